The summed E-state index contributed by atoms with van der Waals surface area (Å²) >= 11 is 0. The molecule has 45 heavy (non-hydrogen) atoms. The van der Waals surface area contributed by atoms with Crippen molar-refractivity contribution < 1.29 is 9.37 Å². The summed E-state index contributed by atoms with van der Waals surface area (Å²) in [6, 6.07) is 0. The van der Waals surface area contributed by atoms with Crippen LogP contribution in [0.25, 0.3) is 0 Å². The molecule has 1 amide bonds. The van der Waals surface area contributed by atoms with Gasteiger partial charge < -0.3 is 5.32 Å². The van der Waals surface area contributed by atoms with Crippen molar-refractivity contribution >= 4 is 11.7 Å². The van der Waals surface area contributed by atoms with Crippen LogP contribution in [0.5, 0.6) is 0 Å². The fraction of sp³-hybridized carbons (Fsp3) is 0.951. The first-order chi connectivity index (χ1) is 22.1. The van der Waals surface area contributed by atoms with Crippen LogP contribution in [0.2, 0.25) is 0 Å². The summed E-state index contributed by atoms with van der Waals surface area (Å²) in [4.78, 5) is 15.1. The quantitative estimate of drug-likeness (QED) is 0.0566. The number of carbonyl (C=O) groups is 1. The van der Waals surface area contributed by atoms with Crippen LogP contribution in [0, 0.1) is 0 Å². The van der Waals surface area contributed by atoms with Crippen molar-refractivity contribution in [2.24, 2.45) is 0 Å². The summed E-state index contributed by atoms with van der Waals surface area (Å²) in [5.41, 5.74) is 0. The molecule has 0 saturated heterocycles. The van der Waals surface area contributed by atoms with E-state index < -0.39 is 0 Å². The van der Waals surface area contributed by atoms with Crippen molar-refractivity contribution in [3.05, 3.63) is 0 Å². The Kier molecular flexibility index (Phi) is 29.4. The van der Waals surface area contributed by atoms with Gasteiger partial charge in [0, 0.05) is 12.8 Å². The maximum atomic E-state index is 12.7. The normalized spacial score (nSPS) is 14.1. The van der Waals surface area contributed by atoms with E-state index in [1.165, 1.54) is 192 Å². The van der Waals surface area contributed by atoms with E-state index >= 15 is 0 Å². The minimum absolute atomic E-state index is 0.102. The van der Waals surface area contributed by atoms with Crippen LogP contribution in [0.15, 0.2) is 0 Å². The van der Waals surface area contributed by atoms with Crippen molar-refractivity contribution in [3.63, 3.8) is 0 Å². The lowest BCUT2D eigenvalue weighted by molar-refractivity contribution is -0.487. The molecular weight excluding hydrogens is 550 g/mol. The van der Waals surface area contributed by atoms with E-state index in [0.717, 1.165) is 25.9 Å². The third-order valence-corrected chi connectivity index (χ3v) is 10.3. The Hall–Kier alpha value is -1.06. The van der Waals surface area contributed by atoms with E-state index in [2.05, 4.69) is 42.6 Å². The Labute approximate surface area is 283 Å². The van der Waals surface area contributed by atoms with E-state index in [1.54, 1.807) is 0 Å². The van der Waals surface area contributed by atoms with Crippen LogP contribution < -0.4 is 5.32 Å². The second-order valence-electron chi connectivity index (χ2n) is 14.7. The average Bonchev–Trinajstić information content (AvgIpc) is 3.40. The zero-order valence-corrected chi connectivity index (χ0v) is 31.4. The van der Waals surface area contributed by atoms with E-state index in [0.29, 0.717) is 6.42 Å². The molecular formula is C41H82N3O+. The van der Waals surface area contributed by atoms with Crippen molar-refractivity contribution in [1.82, 2.24) is 10.2 Å². The minimum atomic E-state index is 0.102. The predicted molar refractivity (Wildman–Crippen MR) is 199 cm³/mol. The number of hydrogen-bond donors (Lipinski definition) is 1. The number of rotatable bonds is 34. The third-order valence-electron chi connectivity index (χ3n) is 10.3. The van der Waals surface area contributed by atoms with Crippen LogP contribution >= 0.6 is 0 Å². The molecule has 1 unspecified atom stereocenters. The van der Waals surface area contributed by atoms with Crippen molar-refractivity contribution in [2.45, 2.75) is 232 Å². The Morgan fingerprint density at radius 3 is 1.29 bits per heavy atom. The van der Waals surface area contributed by atoms with Gasteiger partial charge in [-0.2, -0.15) is 0 Å². The summed E-state index contributed by atoms with van der Waals surface area (Å²) < 4.78 is 2.42. The molecule has 0 bridgehead atoms. The number of hydrogen-bond acceptors (Lipinski definition) is 2. The van der Waals surface area contributed by atoms with E-state index in [4.69, 9.17) is 0 Å². The molecule has 1 rings (SSSR count). The van der Waals surface area contributed by atoms with Gasteiger partial charge in [0.25, 0.3) is 0 Å². The zero-order chi connectivity index (χ0) is 32.6. The third kappa shape index (κ3) is 24.7. The maximum absolute atomic E-state index is 12.7. The second-order valence-corrected chi connectivity index (χ2v) is 14.7. The predicted octanol–water partition coefficient (Wildman–Crippen LogP) is 12.3. The summed E-state index contributed by atoms with van der Waals surface area (Å²) in [6.07, 6.45) is 43.5. The molecule has 0 spiro atoms. The molecule has 1 aliphatic rings. The lowest BCUT2D eigenvalue weighted by atomic mass is 10.0. The maximum Gasteiger partial charge on any atom is 0.248 e. The molecule has 266 valence electrons. The van der Waals surface area contributed by atoms with Gasteiger partial charge in [0.15, 0.2) is 6.17 Å². The van der Waals surface area contributed by atoms with Gasteiger partial charge in [-0.15, -0.1) is 0 Å². The number of likely N-dealkylation sites (N-methyl/N-ethyl adjacent to an activating group) is 1. The standard InChI is InChI=1S/C41H81N3O/c1-5-7-9-11-13-15-17-19-21-23-25-27-29-31-33-35-40(45)42-39(3)44-38-37-43(4)41(44)36-34-32-30-28-26-24-22-20-18-16-14-12-10-8-6-2/h39H,5-38H2,1-4H3/p+1. The molecule has 4 heteroatoms. The zero-order valence-electron chi connectivity index (χ0n) is 31.4. The lowest BCUT2D eigenvalue weighted by Gasteiger charge is -2.22. The van der Waals surface area contributed by atoms with E-state index in [1.807, 2.05) is 0 Å². The molecule has 0 aromatic heterocycles. The van der Waals surface area contributed by atoms with E-state index in [9.17, 15) is 4.79 Å². The molecule has 0 aromatic carbocycles. The highest BCUT2D eigenvalue weighted by Crippen LogP contribution is 2.17. The fourth-order valence-corrected chi connectivity index (χ4v) is 7.18. The first kappa shape index (κ1) is 42.0. The highest BCUT2D eigenvalue weighted by atomic mass is 16.1. The number of carbonyl (C=O) groups excluding carboxylic acids is 1. The molecule has 0 aliphatic carbocycles. The van der Waals surface area contributed by atoms with Gasteiger partial charge >= 0.3 is 0 Å². The molecule has 0 saturated carbocycles. The van der Waals surface area contributed by atoms with Crippen LogP contribution in [0.4, 0.5) is 0 Å². The van der Waals surface area contributed by atoms with Gasteiger partial charge in [-0.25, -0.2) is 4.90 Å². The molecule has 0 fully saturated rings. The topological polar surface area (TPSA) is 35.4 Å². The number of nitrogens with one attached hydrogen (secondary N) is 1. The Bertz CT molecular complexity index is 690. The SMILES string of the molecule is CCCCCCCCCCCCCCCCCC(=O)NC(C)N1CC[N+](C)=C1CCCCCCCCCCCCCCCCC. The van der Waals surface area contributed by atoms with Crippen molar-refractivity contribution in [3.8, 4) is 0 Å². The summed E-state index contributed by atoms with van der Waals surface area (Å²) in [5.74, 6) is 1.67. The average molecular weight is 633 g/mol. The Morgan fingerprint density at radius 2 is 0.911 bits per heavy atom. The van der Waals surface area contributed by atoms with E-state index in [-0.39, 0.29) is 12.1 Å². The molecule has 4 nitrogen and oxygen atoms in total. The van der Waals surface area contributed by atoms with Gasteiger partial charge in [-0.1, -0.05) is 194 Å². The largest absolute Gasteiger partial charge is 0.318 e. The fourth-order valence-electron chi connectivity index (χ4n) is 7.18. The van der Waals surface area contributed by atoms with Gasteiger partial charge in [-0.05, 0) is 19.8 Å². The molecule has 1 atom stereocenters. The Morgan fingerprint density at radius 1 is 0.578 bits per heavy atom. The molecule has 1 N–H and O–H groups in total. The summed E-state index contributed by atoms with van der Waals surface area (Å²) in [7, 11) is 2.23. The Balaban J connectivity index is 1.98. The molecule has 0 radical (unpaired) electrons. The minimum Gasteiger partial charge on any atom is -0.318 e. The number of amides is 1. The first-order valence-electron chi connectivity index (χ1n) is 20.7. The van der Waals surface area contributed by atoms with Crippen LogP contribution in [-0.2, 0) is 4.79 Å². The number of nitrogens with zero attached hydrogens (tertiary/aromatic N) is 2. The number of unbranched alkanes of at least 4 members (excludes halogenated alkanes) is 28. The van der Waals surface area contributed by atoms with Crippen LogP contribution in [0.3, 0.4) is 0 Å². The monoisotopic (exact) mass is 633 g/mol. The van der Waals surface area contributed by atoms with Crippen molar-refractivity contribution in [1.29, 1.82) is 0 Å². The van der Waals surface area contributed by atoms with Gasteiger partial charge in [-0.3, -0.25) is 9.37 Å². The molecule has 1 aliphatic heterocycles. The van der Waals surface area contributed by atoms with Crippen molar-refractivity contribution in [2.75, 3.05) is 20.1 Å². The highest BCUT2D eigenvalue weighted by Gasteiger charge is 2.32. The number of amidine groups is 1. The molecule has 0 aromatic rings. The van der Waals surface area contributed by atoms with Crippen LogP contribution in [0.1, 0.15) is 226 Å². The smallest absolute Gasteiger partial charge is 0.248 e. The first-order valence-corrected chi connectivity index (χ1v) is 20.7. The van der Waals surface area contributed by atoms with Gasteiger partial charge in [0.2, 0.25) is 11.7 Å². The van der Waals surface area contributed by atoms with Gasteiger partial charge in [0.05, 0.1) is 7.05 Å². The highest BCUT2D eigenvalue weighted by molar-refractivity contribution is 5.80. The summed E-state index contributed by atoms with van der Waals surface area (Å²) in [6.45, 7) is 8.88. The second kappa shape index (κ2) is 31.5. The van der Waals surface area contributed by atoms with Gasteiger partial charge in [0.1, 0.15) is 13.1 Å². The van der Waals surface area contributed by atoms with Crippen LogP contribution in [-0.4, -0.2) is 47.5 Å². The summed E-state index contributed by atoms with van der Waals surface area (Å²) in [5, 5.41) is 3.32. The lowest BCUT2D eigenvalue weighted by Crippen LogP contribution is -2.48. The molecule has 1 heterocycles.